The van der Waals surface area contributed by atoms with Crippen LogP contribution in [0.1, 0.15) is 23.1 Å². The normalized spacial score (nSPS) is 16.8. The molecule has 0 aliphatic carbocycles. The number of fused-ring (bicyclic) bond motifs is 2. The molecule has 3 aliphatic rings. The second kappa shape index (κ2) is 7.72. The van der Waals surface area contributed by atoms with Crippen molar-refractivity contribution in [2.24, 2.45) is 4.99 Å². The molecule has 32 heavy (non-hydrogen) atoms. The molecule has 3 aromatic carbocycles. The van der Waals surface area contributed by atoms with Crippen LogP contribution in [-0.4, -0.2) is 24.3 Å². The van der Waals surface area contributed by atoms with Crippen LogP contribution in [0.5, 0.6) is 0 Å². The van der Waals surface area contributed by atoms with Crippen molar-refractivity contribution in [3.8, 4) is 0 Å². The molecule has 158 valence electrons. The van der Waals surface area contributed by atoms with Crippen LogP contribution in [0.25, 0.3) is 0 Å². The van der Waals surface area contributed by atoms with Gasteiger partial charge in [-0.05, 0) is 59.9 Å². The van der Waals surface area contributed by atoms with E-state index < -0.39 is 0 Å². The van der Waals surface area contributed by atoms with Gasteiger partial charge in [0.25, 0.3) is 0 Å². The van der Waals surface area contributed by atoms with Gasteiger partial charge in [-0.15, -0.1) is 0 Å². The van der Waals surface area contributed by atoms with E-state index in [2.05, 4.69) is 112 Å². The smallest absolute Gasteiger partial charge is 0.0938 e. The molecular formula is C28H26N4. The molecule has 0 amide bonds. The molecule has 4 heteroatoms. The maximum atomic E-state index is 4.59. The lowest BCUT2D eigenvalue weighted by Crippen LogP contribution is -2.22. The van der Waals surface area contributed by atoms with Gasteiger partial charge >= 0.3 is 0 Å². The number of nitrogens with zero attached hydrogens (tertiary/aromatic N) is 4. The number of benzene rings is 3. The second-order valence-electron chi connectivity index (χ2n) is 8.66. The topological polar surface area (TPSA) is 22.1 Å². The highest BCUT2D eigenvalue weighted by Crippen LogP contribution is 2.43. The number of hydrogen-bond donors (Lipinski definition) is 0. The summed E-state index contributed by atoms with van der Waals surface area (Å²) in [6.45, 7) is 0.869. The van der Waals surface area contributed by atoms with Crippen LogP contribution in [0.2, 0.25) is 0 Å². The fraction of sp³-hybridized carbons (Fsp3) is 0.179. The predicted octanol–water partition coefficient (Wildman–Crippen LogP) is 6.14. The van der Waals surface area contributed by atoms with E-state index in [1.165, 1.54) is 39.4 Å². The Hall–Kier alpha value is -3.79. The number of para-hydroxylation sites is 1. The number of rotatable bonds is 3. The monoisotopic (exact) mass is 418 g/mol. The van der Waals surface area contributed by atoms with E-state index in [1.54, 1.807) is 0 Å². The number of allylic oxidation sites excluding steroid dienone is 1. The van der Waals surface area contributed by atoms with E-state index in [0.29, 0.717) is 0 Å². The van der Waals surface area contributed by atoms with Gasteiger partial charge in [0.05, 0.1) is 12.4 Å². The molecule has 0 bridgehead atoms. The summed E-state index contributed by atoms with van der Waals surface area (Å²) in [4.78, 5) is 11.5. The first-order chi connectivity index (χ1) is 15.8. The molecular weight excluding hydrogens is 392 g/mol. The summed E-state index contributed by atoms with van der Waals surface area (Å²) in [6, 6.07) is 24.6. The lowest BCUT2D eigenvalue weighted by molar-refractivity contribution is 0.496. The Morgan fingerprint density at radius 2 is 1.62 bits per heavy atom. The van der Waals surface area contributed by atoms with Crippen LogP contribution in [-0.2, 0) is 12.8 Å². The van der Waals surface area contributed by atoms with E-state index >= 15 is 0 Å². The van der Waals surface area contributed by atoms with Crippen LogP contribution in [0, 0.1) is 0 Å². The SMILES string of the molecule is CN1C=CN(c2cccc(N3c4ccccc4CCc4ccc(C5=NC=CC5)cc43)c2)C1. The van der Waals surface area contributed by atoms with Gasteiger partial charge in [-0.1, -0.05) is 42.5 Å². The predicted molar refractivity (Wildman–Crippen MR) is 133 cm³/mol. The van der Waals surface area contributed by atoms with Crippen molar-refractivity contribution in [1.29, 1.82) is 0 Å². The zero-order chi connectivity index (χ0) is 21.5. The third kappa shape index (κ3) is 3.28. The standard InChI is InChI=1S/C28H26N4/c1-30-16-17-31(20-30)24-7-4-8-25(19-24)32-27-10-3-2-6-21(27)11-12-22-13-14-23(18-28(22)32)26-9-5-15-29-26/h2-8,10,13-19H,9,11-12,20H2,1H3. The van der Waals surface area contributed by atoms with Crippen LogP contribution < -0.4 is 9.80 Å². The Morgan fingerprint density at radius 1 is 0.781 bits per heavy atom. The summed E-state index contributed by atoms with van der Waals surface area (Å²) in [5.74, 6) is 0. The molecule has 4 nitrogen and oxygen atoms in total. The van der Waals surface area contributed by atoms with E-state index in [-0.39, 0.29) is 0 Å². The Labute approximate surface area is 189 Å². The summed E-state index contributed by atoms with van der Waals surface area (Å²) >= 11 is 0. The molecule has 0 saturated heterocycles. The van der Waals surface area contributed by atoms with Gasteiger partial charge in [0.15, 0.2) is 0 Å². The number of hydrogen-bond acceptors (Lipinski definition) is 4. The molecule has 0 radical (unpaired) electrons. The first-order valence-electron chi connectivity index (χ1n) is 11.2. The zero-order valence-corrected chi connectivity index (χ0v) is 18.3. The minimum Gasteiger partial charge on any atom is -0.361 e. The van der Waals surface area contributed by atoms with Crippen molar-refractivity contribution in [2.75, 3.05) is 23.5 Å². The Bertz CT molecular complexity index is 1270. The first-order valence-corrected chi connectivity index (χ1v) is 11.2. The maximum Gasteiger partial charge on any atom is 0.0938 e. The van der Waals surface area contributed by atoms with Crippen LogP contribution >= 0.6 is 0 Å². The molecule has 3 aliphatic heterocycles. The molecule has 0 aromatic heterocycles. The summed E-state index contributed by atoms with van der Waals surface area (Å²) in [6.07, 6.45) is 11.3. The molecule has 0 atom stereocenters. The van der Waals surface area contributed by atoms with Crippen LogP contribution in [0.3, 0.4) is 0 Å². The lowest BCUT2D eigenvalue weighted by atomic mass is 10.0. The highest BCUT2D eigenvalue weighted by Gasteiger charge is 2.24. The molecule has 3 aromatic rings. The molecule has 0 N–H and O–H groups in total. The van der Waals surface area contributed by atoms with Gasteiger partial charge in [0, 0.05) is 54.8 Å². The van der Waals surface area contributed by atoms with Gasteiger partial charge in [-0.25, -0.2) is 0 Å². The minimum absolute atomic E-state index is 0.869. The largest absolute Gasteiger partial charge is 0.361 e. The molecule has 3 heterocycles. The summed E-state index contributed by atoms with van der Waals surface area (Å²) < 4.78 is 0. The Balaban J connectivity index is 1.51. The van der Waals surface area contributed by atoms with E-state index in [9.17, 15) is 0 Å². The third-order valence-electron chi connectivity index (χ3n) is 6.50. The minimum atomic E-state index is 0.869. The molecule has 0 unspecified atom stereocenters. The van der Waals surface area contributed by atoms with Gasteiger partial charge in [-0.2, -0.15) is 0 Å². The fourth-order valence-electron chi connectivity index (χ4n) is 4.84. The number of aliphatic imine (C=N–C) groups is 1. The van der Waals surface area contributed by atoms with Crippen LogP contribution in [0.4, 0.5) is 22.7 Å². The highest BCUT2D eigenvalue weighted by atomic mass is 15.3. The number of aryl methyl sites for hydroxylation is 2. The van der Waals surface area contributed by atoms with Crippen molar-refractivity contribution in [1.82, 2.24) is 4.90 Å². The Kier molecular flexibility index (Phi) is 4.57. The highest BCUT2D eigenvalue weighted by molar-refractivity contribution is 6.04. The summed E-state index contributed by atoms with van der Waals surface area (Å²) in [5, 5.41) is 0. The van der Waals surface area contributed by atoms with Crippen molar-refractivity contribution in [3.63, 3.8) is 0 Å². The van der Waals surface area contributed by atoms with Crippen molar-refractivity contribution < 1.29 is 0 Å². The first kappa shape index (κ1) is 18.9. The van der Waals surface area contributed by atoms with Gasteiger partial charge in [-0.3, -0.25) is 4.99 Å². The fourth-order valence-corrected chi connectivity index (χ4v) is 4.84. The van der Waals surface area contributed by atoms with Crippen molar-refractivity contribution in [2.45, 2.75) is 19.3 Å². The van der Waals surface area contributed by atoms with Gasteiger partial charge < -0.3 is 14.7 Å². The average Bonchev–Trinajstić information content (AvgIpc) is 3.48. The quantitative estimate of drug-likeness (QED) is 0.510. The lowest BCUT2D eigenvalue weighted by Gasteiger charge is -2.29. The molecule has 0 saturated carbocycles. The maximum absolute atomic E-state index is 4.59. The molecule has 0 fully saturated rings. The molecule has 0 spiro atoms. The van der Waals surface area contributed by atoms with Gasteiger partial charge in [0.1, 0.15) is 0 Å². The van der Waals surface area contributed by atoms with Crippen molar-refractivity contribution >= 4 is 28.5 Å². The van der Waals surface area contributed by atoms with E-state index in [1.807, 2.05) is 6.20 Å². The van der Waals surface area contributed by atoms with Gasteiger partial charge in [0.2, 0.25) is 0 Å². The Morgan fingerprint density at radius 3 is 2.44 bits per heavy atom. The summed E-state index contributed by atoms with van der Waals surface area (Å²) in [5.41, 5.74) is 10.0. The van der Waals surface area contributed by atoms with Crippen molar-refractivity contribution in [3.05, 3.63) is 108 Å². The number of anilines is 4. The second-order valence-corrected chi connectivity index (χ2v) is 8.66. The zero-order valence-electron chi connectivity index (χ0n) is 18.3. The third-order valence-corrected chi connectivity index (χ3v) is 6.50. The van der Waals surface area contributed by atoms with E-state index in [4.69, 9.17) is 0 Å². The molecule has 6 rings (SSSR count). The van der Waals surface area contributed by atoms with Crippen LogP contribution in [0.15, 0.2) is 96.4 Å². The average molecular weight is 419 g/mol. The van der Waals surface area contributed by atoms with E-state index in [0.717, 1.165) is 31.6 Å². The summed E-state index contributed by atoms with van der Waals surface area (Å²) in [7, 11) is 2.10.